The molecule has 0 bridgehead atoms. The van der Waals surface area contributed by atoms with E-state index in [2.05, 4.69) is 10.6 Å². The fourth-order valence-corrected chi connectivity index (χ4v) is 3.00. The van der Waals surface area contributed by atoms with Crippen molar-refractivity contribution in [2.45, 2.75) is 12.5 Å². The summed E-state index contributed by atoms with van der Waals surface area (Å²) in [6.07, 6.45) is 0.367. The van der Waals surface area contributed by atoms with E-state index in [1.807, 2.05) is 30.3 Å². The van der Waals surface area contributed by atoms with Gasteiger partial charge in [-0.3, -0.25) is 14.5 Å². The third-order valence-electron chi connectivity index (χ3n) is 4.13. The number of ether oxygens (including phenoxy) is 1. The summed E-state index contributed by atoms with van der Waals surface area (Å²) in [6.45, 7) is -0.397. The lowest BCUT2D eigenvalue weighted by atomic mass is 10.1. The highest BCUT2D eigenvalue weighted by Gasteiger charge is 2.38. The highest BCUT2D eigenvalue weighted by Crippen LogP contribution is 2.27. The van der Waals surface area contributed by atoms with Gasteiger partial charge in [-0.25, -0.2) is 4.79 Å². The minimum absolute atomic E-state index is 0.364. The van der Waals surface area contributed by atoms with E-state index in [9.17, 15) is 14.4 Å². The zero-order valence-electron chi connectivity index (χ0n) is 14.6. The molecule has 2 aromatic rings. The van der Waals surface area contributed by atoms with Crippen LogP contribution >= 0.6 is 11.6 Å². The largest absolute Gasteiger partial charge is 0.495 e. The summed E-state index contributed by atoms with van der Waals surface area (Å²) in [7, 11) is 1.46. The van der Waals surface area contributed by atoms with Crippen LogP contribution in [0.4, 0.5) is 10.5 Å². The summed E-state index contributed by atoms with van der Waals surface area (Å²) in [5, 5.41) is 5.65. The molecule has 1 fully saturated rings. The van der Waals surface area contributed by atoms with E-state index in [0.717, 1.165) is 10.5 Å². The van der Waals surface area contributed by atoms with Crippen LogP contribution in [-0.2, 0) is 16.0 Å². The average Bonchev–Trinajstić information content (AvgIpc) is 2.90. The number of carbonyl (C=O) groups excluding carboxylic acids is 3. The van der Waals surface area contributed by atoms with Gasteiger partial charge < -0.3 is 15.4 Å². The van der Waals surface area contributed by atoms with Crippen molar-refractivity contribution in [3.8, 4) is 5.75 Å². The van der Waals surface area contributed by atoms with E-state index < -0.39 is 30.4 Å². The number of methoxy groups -OCH3 is 1. The van der Waals surface area contributed by atoms with Crippen LogP contribution in [0, 0.1) is 0 Å². The normalized spacial score (nSPS) is 16.2. The summed E-state index contributed by atoms with van der Waals surface area (Å²) in [5.41, 5.74) is 1.29. The highest BCUT2D eigenvalue weighted by molar-refractivity contribution is 6.31. The lowest BCUT2D eigenvalue weighted by molar-refractivity contribution is -0.130. The summed E-state index contributed by atoms with van der Waals surface area (Å²) < 4.78 is 5.16. The maximum absolute atomic E-state index is 12.5. The molecule has 3 rings (SSSR count). The van der Waals surface area contributed by atoms with E-state index >= 15 is 0 Å². The van der Waals surface area contributed by atoms with E-state index in [0.29, 0.717) is 22.9 Å². The molecule has 2 N–H and O–H groups in total. The van der Waals surface area contributed by atoms with Gasteiger partial charge in [-0.15, -0.1) is 0 Å². The lowest BCUT2D eigenvalue weighted by Crippen LogP contribution is -2.38. The van der Waals surface area contributed by atoms with Crippen LogP contribution in [0.15, 0.2) is 48.5 Å². The van der Waals surface area contributed by atoms with Crippen molar-refractivity contribution in [1.29, 1.82) is 0 Å². The molecular formula is C19H18ClN3O4. The molecule has 0 saturated carbocycles. The maximum atomic E-state index is 12.5. The van der Waals surface area contributed by atoms with Gasteiger partial charge in [0.1, 0.15) is 18.3 Å². The molecule has 1 heterocycles. The zero-order chi connectivity index (χ0) is 19.4. The lowest BCUT2D eigenvalue weighted by Gasteiger charge is -2.14. The SMILES string of the molecule is COc1ccc(Cl)cc1NC(=O)CN1C(=O)NC(Cc2ccccc2)C1=O. The molecule has 0 aromatic heterocycles. The average molecular weight is 388 g/mol. The molecule has 0 radical (unpaired) electrons. The fourth-order valence-electron chi connectivity index (χ4n) is 2.83. The number of imide groups is 1. The number of carbonyl (C=O) groups is 3. The Kier molecular flexibility index (Phi) is 5.61. The molecule has 7 nitrogen and oxygen atoms in total. The van der Waals surface area contributed by atoms with Crippen molar-refractivity contribution in [2.24, 2.45) is 0 Å². The first-order chi connectivity index (χ1) is 13.0. The predicted octanol–water partition coefficient (Wildman–Crippen LogP) is 2.45. The van der Waals surface area contributed by atoms with Gasteiger partial charge >= 0.3 is 6.03 Å². The van der Waals surface area contributed by atoms with Crippen molar-refractivity contribution < 1.29 is 19.1 Å². The molecule has 1 unspecified atom stereocenters. The first-order valence-corrected chi connectivity index (χ1v) is 8.65. The van der Waals surface area contributed by atoms with Crippen LogP contribution in [0.1, 0.15) is 5.56 Å². The Morgan fingerprint density at radius 1 is 1.22 bits per heavy atom. The number of rotatable bonds is 6. The van der Waals surface area contributed by atoms with E-state index in [1.54, 1.807) is 12.1 Å². The van der Waals surface area contributed by atoms with E-state index in [-0.39, 0.29) is 0 Å². The second kappa shape index (κ2) is 8.09. The number of hydrogen-bond donors (Lipinski definition) is 2. The molecule has 2 aromatic carbocycles. The second-order valence-corrected chi connectivity index (χ2v) is 6.45. The molecule has 1 aliphatic heterocycles. The molecule has 1 atom stereocenters. The van der Waals surface area contributed by atoms with Crippen LogP contribution in [-0.4, -0.2) is 42.4 Å². The van der Waals surface area contributed by atoms with Gasteiger partial charge in [0.15, 0.2) is 0 Å². The number of nitrogens with one attached hydrogen (secondary N) is 2. The fraction of sp³-hybridized carbons (Fsp3) is 0.211. The van der Waals surface area contributed by atoms with Crippen LogP contribution in [0.5, 0.6) is 5.75 Å². The first-order valence-electron chi connectivity index (χ1n) is 8.27. The number of hydrogen-bond acceptors (Lipinski definition) is 4. The number of halogens is 1. The first kappa shape index (κ1) is 18.7. The molecule has 8 heteroatoms. The van der Waals surface area contributed by atoms with Crippen molar-refractivity contribution in [1.82, 2.24) is 10.2 Å². The van der Waals surface area contributed by atoms with Gasteiger partial charge in [-0.1, -0.05) is 41.9 Å². The Morgan fingerprint density at radius 3 is 2.67 bits per heavy atom. The van der Waals surface area contributed by atoms with Crippen LogP contribution in [0.3, 0.4) is 0 Å². The van der Waals surface area contributed by atoms with Crippen molar-refractivity contribution in [3.63, 3.8) is 0 Å². The van der Waals surface area contributed by atoms with Crippen LogP contribution < -0.4 is 15.4 Å². The van der Waals surface area contributed by atoms with Gasteiger partial charge in [0.05, 0.1) is 12.8 Å². The molecule has 1 saturated heterocycles. The molecule has 4 amide bonds. The number of urea groups is 1. The smallest absolute Gasteiger partial charge is 0.325 e. The number of anilines is 1. The number of nitrogens with zero attached hydrogens (tertiary/aromatic N) is 1. The van der Waals surface area contributed by atoms with E-state index in [4.69, 9.17) is 16.3 Å². The van der Waals surface area contributed by atoms with Crippen molar-refractivity contribution in [2.75, 3.05) is 19.0 Å². The van der Waals surface area contributed by atoms with Gasteiger partial charge in [0.2, 0.25) is 5.91 Å². The molecule has 0 aliphatic carbocycles. The third kappa shape index (κ3) is 4.38. The standard InChI is InChI=1S/C19H18ClN3O4/c1-27-16-8-7-13(20)10-14(16)21-17(24)11-23-18(25)15(22-19(23)26)9-12-5-3-2-4-6-12/h2-8,10,15H,9,11H2,1H3,(H,21,24)(H,22,26). The van der Waals surface area contributed by atoms with Crippen molar-refractivity contribution in [3.05, 3.63) is 59.1 Å². The number of benzene rings is 2. The van der Waals surface area contributed by atoms with Crippen LogP contribution in [0.25, 0.3) is 0 Å². The van der Waals surface area contributed by atoms with Crippen molar-refractivity contribution >= 4 is 35.1 Å². The van der Waals surface area contributed by atoms with Crippen LogP contribution in [0.2, 0.25) is 5.02 Å². The van der Waals surface area contributed by atoms with E-state index in [1.165, 1.54) is 13.2 Å². The Hall–Kier alpha value is -3.06. The Morgan fingerprint density at radius 2 is 1.96 bits per heavy atom. The second-order valence-electron chi connectivity index (χ2n) is 6.01. The van der Waals surface area contributed by atoms with Gasteiger partial charge in [0.25, 0.3) is 5.91 Å². The molecule has 140 valence electrons. The van der Waals surface area contributed by atoms with Gasteiger partial charge in [0, 0.05) is 11.4 Å². The summed E-state index contributed by atoms with van der Waals surface area (Å²) >= 11 is 5.93. The Balaban J connectivity index is 1.65. The predicted molar refractivity (Wildman–Crippen MR) is 101 cm³/mol. The summed E-state index contributed by atoms with van der Waals surface area (Å²) in [5.74, 6) is -0.539. The Bertz CT molecular complexity index is 873. The van der Waals surface area contributed by atoms with Gasteiger partial charge in [-0.05, 0) is 23.8 Å². The number of amides is 4. The summed E-state index contributed by atoms with van der Waals surface area (Å²) in [6, 6.07) is 12.8. The minimum atomic E-state index is -0.687. The molecule has 1 aliphatic rings. The minimum Gasteiger partial charge on any atom is -0.495 e. The topological polar surface area (TPSA) is 87.7 Å². The van der Waals surface area contributed by atoms with Gasteiger partial charge in [-0.2, -0.15) is 0 Å². The molecule has 0 spiro atoms. The maximum Gasteiger partial charge on any atom is 0.325 e. The Labute approximate surface area is 161 Å². The monoisotopic (exact) mass is 387 g/mol. The molecular weight excluding hydrogens is 370 g/mol. The third-order valence-corrected chi connectivity index (χ3v) is 4.36. The summed E-state index contributed by atoms with van der Waals surface area (Å²) in [4.78, 5) is 37.8. The zero-order valence-corrected chi connectivity index (χ0v) is 15.3. The quantitative estimate of drug-likeness (QED) is 0.745. The highest BCUT2D eigenvalue weighted by atomic mass is 35.5. The molecule has 27 heavy (non-hydrogen) atoms.